The van der Waals surface area contributed by atoms with E-state index >= 15 is 0 Å². The van der Waals surface area contributed by atoms with Crippen LogP contribution in [0.15, 0.2) is 108 Å². The largest absolute Gasteiger partial charge is 0.457 e. The van der Waals surface area contributed by atoms with Crippen LogP contribution < -0.4 is 0 Å². The lowest BCUT2D eigenvalue weighted by Gasteiger charge is -2.18. The minimum Gasteiger partial charge on any atom is -0.457 e. The molecule has 4 nitrogen and oxygen atoms in total. The Hall–Kier alpha value is -3.87. The summed E-state index contributed by atoms with van der Waals surface area (Å²) in [4.78, 5) is 0. The van der Waals surface area contributed by atoms with Gasteiger partial charge in [-0.25, -0.2) is 13.4 Å². The summed E-state index contributed by atoms with van der Waals surface area (Å²) in [5.74, 6) is 0.272. The van der Waals surface area contributed by atoms with Gasteiger partial charge in [0.25, 0.3) is 0 Å². The molecule has 4 rings (SSSR count). The van der Waals surface area contributed by atoms with Crippen molar-refractivity contribution in [3.05, 3.63) is 131 Å². The summed E-state index contributed by atoms with van der Waals surface area (Å²) in [6, 6.07) is 12.4. The molecular weight excluding hydrogens is 448 g/mol. The predicted octanol–water partition coefficient (Wildman–Crippen LogP) is 4.79. The summed E-state index contributed by atoms with van der Waals surface area (Å²) in [7, 11) is 0. The standard InChI is InChI=1S/C29H26F2NO3/c30-25-5-1-3-22(17-25)24-19-28(35-29(20-24)23-4-2-6-26(31)18-23)12-9-21-7-10-27(11-8-21)32(13-15-33)14-16-34/h1-12,17-20,33-34H,13-16H2/q+1/b28-12+. The number of aliphatic hydroxyl groups excluding tert-OH is 2. The quantitative estimate of drug-likeness (QED) is 0.568. The van der Waals surface area contributed by atoms with Crippen molar-refractivity contribution >= 4 is 17.0 Å². The van der Waals surface area contributed by atoms with E-state index in [0.717, 1.165) is 16.9 Å². The fourth-order valence-electron chi connectivity index (χ4n) is 3.81. The molecule has 178 valence electrons. The van der Waals surface area contributed by atoms with Gasteiger partial charge in [-0.2, -0.15) is 0 Å². The number of hydrogen-bond donors (Lipinski definition) is 2. The molecule has 0 amide bonds. The van der Waals surface area contributed by atoms with Crippen LogP contribution in [0.3, 0.4) is 0 Å². The zero-order valence-corrected chi connectivity index (χ0v) is 19.1. The van der Waals surface area contributed by atoms with Crippen molar-refractivity contribution in [3.8, 4) is 0 Å². The Morgan fingerprint density at radius 1 is 0.771 bits per heavy atom. The molecule has 0 atom stereocenters. The Kier molecular flexibility index (Phi) is 7.98. The molecule has 0 fully saturated rings. The van der Waals surface area contributed by atoms with E-state index in [4.69, 9.17) is 4.74 Å². The minimum atomic E-state index is -0.373. The van der Waals surface area contributed by atoms with E-state index in [9.17, 15) is 19.0 Å². The van der Waals surface area contributed by atoms with E-state index in [1.807, 2.05) is 47.1 Å². The minimum absolute atomic E-state index is 0.00153. The summed E-state index contributed by atoms with van der Waals surface area (Å²) >= 11 is 0. The smallest absolute Gasteiger partial charge is 0.200 e. The van der Waals surface area contributed by atoms with Gasteiger partial charge in [0.1, 0.15) is 36.4 Å². The first kappa shape index (κ1) is 24.3. The monoisotopic (exact) mass is 474 g/mol. The zero-order valence-electron chi connectivity index (χ0n) is 19.1. The number of benzene rings is 2. The molecule has 1 heterocycles. The van der Waals surface area contributed by atoms with Gasteiger partial charge in [0, 0.05) is 17.7 Å². The Bertz CT molecular complexity index is 1290. The Balaban J connectivity index is 1.65. The molecule has 1 aliphatic carbocycles. The van der Waals surface area contributed by atoms with E-state index in [1.165, 1.54) is 24.3 Å². The number of allylic oxidation sites excluding steroid dienone is 10. The average molecular weight is 475 g/mol. The van der Waals surface area contributed by atoms with Crippen LogP contribution in [0.5, 0.6) is 0 Å². The first-order valence-corrected chi connectivity index (χ1v) is 11.3. The third-order valence-corrected chi connectivity index (χ3v) is 5.52. The van der Waals surface area contributed by atoms with Crippen molar-refractivity contribution in [2.45, 2.75) is 0 Å². The molecular formula is C29H26F2NO3+. The van der Waals surface area contributed by atoms with Gasteiger partial charge < -0.3 is 14.9 Å². The maximum absolute atomic E-state index is 13.9. The maximum atomic E-state index is 13.9. The molecule has 2 aliphatic rings. The fourth-order valence-corrected chi connectivity index (χ4v) is 3.81. The van der Waals surface area contributed by atoms with E-state index in [-0.39, 0.29) is 24.8 Å². The summed E-state index contributed by atoms with van der Waals surface area (Å²) in [6.45, 7) is 0.867. The van der Waals surface area contributed by atoms with Crippen LogP contribution in [-0.4, -0.2) is 46.8 Å². The molecule has 0 saturated carbocycles. The highest BCUT2D eigenvalue weighted by atomic mass is 19.1. The topological polar surface area (TPSA) is 52.7 Å². The van der Waals surface area contributed by atoms with E-state index in [0.29, 0.717) is 35.7 Å². The molecule has 2 aromatic rings. The van der Waals surface area contributed by atoms with Gasteiger partial charge >= 0.3 is 0 Å². The molecule has 0 radical (unpaired) electrons. The third-order valence-electron chi connectivity index (χ3n) is 5.52. The lowest BCUT2D eigenvalue weighted by Crippen LogP contribution is -2.26. The molecule has 0 spiro atoms. The Morgan fingerprint density at radius 2 is 1.40 bits per heavy atom. The SMILES string of the molecule is OCC[N+](CCO)=C1C=CC(=C/C=C2\C=C(c3cccc(F)c3)C=C(c3cccc(F)c3)O2)C=C1. The molecule has 2 N–H and O–H groups in total. The first-order valence-electron chi connectivity index (χ1n) is 11.3. The summed E-state index contributed by atoms with van der Waals surface area (Å²) in [6.07, 6.45) is 15.0. The Labute approximate surface area is 203 Å². The van der Waals surface area contributed by atoms with E-state index in [1.54, 1.807) is 30.4 Å². The molecule has 0 aromatic heterocycles. The number of ether oxygens (including phenoxy) is 1. The molecule has 35 heavy (non-hydrogen) atoms. The summed E-state index contributed by atoms with van der Waals surface area (Å²) in [5.41, 5.74) is 3.82. The molecule has 2 aromatic carbocycles. The van der Waals surface area contributed by atoms with Crippen molar-refractivity contribution in [2.24, 2.45) is 0 Å². The maximum Gasteiger partial charge on any atom is 0.200 e. The van der Waals surface area contributed by atoms with Crippen LogP contribution in [0.25, 0.3) is 11.3 Å². The zero-order chi connectivity index (χ0) is 24.6. The third kappa shape index (κ3) is 6.38. The fraction of sp³-hybridized carbons (Fsp3) is 0.138. The highest BCUT2D eigenvalue weighted by Gasteiger charge is 2.15. The van der Waals surface area contributed by atoms with Gasteiger partial charge in [-0.15, -0.1) is 0 Å². The Morgan fingerprint density at radius 3 is 2.03 bits per heavy atom. The van der Waals surface area contributed by atoms with Gasteiger partial charge in [0.05, 0.1) is 0 Å². The normalized spacial score (nSPS) is 16.2. The number of halogens is 2. The summed E-state index contributed by atoms with van der Waals surface area (Å²) < 4.78 is 35.7. The van der Waals surface area contributed by atoms with Crippen molar-refractivity contribution in [2.75, 3.05) is 26.3 Å². The van der Waals surface area contributed by atoms with Crippen LogP contribution >= 0.6 is 0 Å². The van der Waals surface area contributed by atoms with Gasteiger partial charge in [-0.05, 0) is 71.4 Å². The van der Waals surface area contributed by atoms with Crippen molar-refractivity contribution in [1.82, 2.24) is 0 Å². The van der Waals surface area contributed by atoms with Gasteiger partial charge in [0.2, 0.25) is 0 Å². The molecule has 1 aliphatic heterocycles. The number of hydrogen-bond acceptors (Lipinski definition) is 3. The predicted molar refractivity (Wildman–Crippen MR) is 133 cm³/mol. The van der Waals surface area contributed by atoms with Gasteiger partial charge in [0.15, 0.2) is 18.8 Å². The average Bonchev–Trinajstić information content (AvgIpc) is 2.87. The highest BCUT2D eigenvalue weighted by Crippen LogP contribution is 2.32. The number of rotatable bonds is 7. The van der Waals surface area contributed by atoms with Crippen molar-refractivity contribution in [3.63, 3.8) is 0 Å². The lowest BCUT2D eigenvalue weighted by atomic mass is 10.00. The van der Waals surface area contributed by atoms with Crippen LogP contribution in [0.4, 0.5) is 8.78 Å². The molecule has 0 unspecified atom stereocenters. The lowest BCUT2D eigenvalue weighted by molar-refractivity contribution is -0.530. The van der Waals surface area contributed by atoms with Gasteiger partial charge in [-0.3, -0.25) is 0 Å². The molecule has 6 heteroatoms. The first-order chi connectivity index (χ1) is 17.1. The van der Waals surface area contributed by atoms with Crippen molar-refractivity contribution in [1.29, 1.82) is 0 Å². The highest BCUT2D eigenvalue weighted by molar-refractivity contribution is 6.02. The van der Waals surface area contributed by atoms with Crippen LogP contribution in [-0.2, 0) is 4.74 Å². The molecule has 0 saturated heterocycles. The van der Waals surface area contributed by atoms with Crippen LogP contribution in [0.1, 0.15) is 11.1 Å². The van der Waals surface area contributed by atoms with Crippen molar-refractivity contribution < 1.29 is 28.3 Å². The molecule has 0 bridgehead atoms. The second-order valence-electron chi connectivity index (χ2n) is 7.99. The van der Waals surface area contributed by atoms with Gasteiger partial charge in [-0.1, -0.05) is 30.3 Å². The van der Waals surface area contributed by atoms with E-state index < -0.39 is 0 Å². The number of nitrogens with zero attached hydrogens (tertiary/aromatic N) is 1. The second kappa shape index (κ2) is 11.5. The summed E-state index contributed by atoms with van der Waals surface area (Å²) in [5, 5.41) is 18.5. The second-order valence-corrected chi connectivity index (χ2v) is 7.99. The van der Waals surface area contributed by atoms with Crippen LogP contribution in [0, 0.1) is 11.6 Å². The number of aliphatic hydroxyl groups is 2. The van der Waals surface area contributed by atoms with E-state index in [2.05, 4.69) is 0 Å². The van der Waals surface area contributed by atoms with Crippen LogP contribution in [0.2, 0.25) is 0 Å².